The summed E-state index contributed by atoms with van der Waals surface area (Å²) in [6, 6.07) is 14.4. The maximum atomic E-state index is 12.4. The number of nitro benzene ring substituents is 1. The number of fused-ring (bicyclic) bond motifs is 1. The van der Waals surface area contributed by atoms with Gasteiger partial charge in [-0.15, -0.1) is 11.8 Å². The summed E-state index contributed by atoms with van der Waals surface area (Å²) in [6.45, 7) is 0.224. The van der Waals surface area contributed by atoms with Gasteiger partial charge in [0.15, 0.2) is 0 Å². The summed E-state index contributed by atoms with van der Waals surface area (Å²) in [7, 11) is 0. The fourth-order valence-electron chi connectivity index (χ4n) is 3.49. The number of ether oxygens (including phenoxy) is 1. The van der Waals surface area contributed by atoms with Crippen LogP contribution in [-0.4, -0.2) is 50.8 Å². The lowest BCUT2D eigenvalue weighted by Crippen LogP contribution is -2.67. The fraction of sp³-hybridized carbons (Fsp3) is 0.286. The molecular formula is C21H19N3O6S. The van der Waals surface area contributed by atoms with Gasteiger partial charge in [0, 0.05) is 18.7 Å². The highest BCUT2D eigenvalue weighted by atomic mass is 32.2. The molecular weight excluding hydrogens is 422 g/mol. The smallest absolute Gasteiger partial charge is 0.321 e. The van der Waals surface area contributed by atoms with Crippen molar-refractivity contribution in [2.75, 3.05) is 6.54 Å². The van der Waals surface area contributed by atoms with E-state index in [0.29, 0.717) is 5.56 Å². The van der Waals surface area contributed by atoms with Gasteiger partial charge in [0.1, 0.15) is 23.3 Å². The van der Waals surface area contributed by atoms with Crippen molar-refractivity contribution in [2.45, 2.75) is 29.7 Å². The Bertz CT molecular complexity index is 1010. The number of thioether (sulfide) groups is 1. The predicted octanol–water partition coefficient (Wildman–Crippen LogP) is 1.65. The largest absolute Gasteiger partial charge is 0.460 e. The summed E-state index contributed by atoms with van der Waals surface area (Å²) >= 11 is 1.30. The van der Waals surface area contributed by atoms with Crippen LogP contribution >= 0.6 is 11.8 Å². The topological polar surface area (TPSA) is 119 Å². The first-order chi connectivity index (χ1) is 14.9. The van der Waals surface area contributed by atoms with Crippen LogP contribution in [0, 0.1) is 10.1 Å². The maximum absolute atomic E-state index is 12.4. The second-order valence-corrected chi connectivity index (χ2v) is 8.57. The number of nitro groups is 1. The second kappa shape index (κ2) is 8.76. The van der Waals surface area contributed by atoms with Gasteiger partial charge in [0.2, 0.25) is 11.8 Å². The van der Waals surface area contributed by atoms with Crippen LogP contribution in [0.3, 0.4) is 0 Å². The fourth-order valence-corrected chi connectivity index (χ4v) is 4.93. The van der Waals surface area contributed by atoms with E-state index in [1.54, 1.807) is 4.90 Å². The summed E-state index contributed by atoms with van der Waals surface area (Å²) in [5, 5.41) is 12.6. The molecule has 3 atom stereocenters. The SMILES string of the molecule is O=C(Cc1ccccc1)N[C@@H]1C(=O)N2C[C@H](C(=O)OCc3ccc([N+](=O)[O-])cc3)S[C@H]12. The highest BCUT2D eigenvalue weighted by molar-refractivity contribution is 8.01. The monoisotopic (exact) mass is 441 g/mol. The molecule has 0 spiro atoms. The number of carbonyl (C=O) groups is 3. The standard InChI is InChI=1S/C21H19N3O6S/c25-17(10-13-4-2-1-3-5-13)22-18-19(26)23-11-16(31-20(18)23)21(27)30-12-14-6-8-15(9-7-14)24(28)29/h1-9,16,18,20H,10-12H2,(H,22,25)/t16-,18-,20-/m1/s1. The van der Waals surface area contributed by atoms with Crippen LogP contribution in [0.5, 0.6) is 0 Å². The molecule has 0 bridgehead atoms. The van der Waals surface area contributed by atoms with E-state index in [4.69, 9.17) is 4.74 Å². The molecule has 2 heterocycles. The van der Waals surface area contributed by atoms with Crippen molar-refractivity contribution in [3.8, 4) is 0 Å². The number of hydrogen-bond acceptors (Lipinski definition) is 7. The molecule has 2 amide bonds. The molecule has 2 aromatic rings. The number of β-lactam (4-membered cyclic amide) rings is 1. The number of esters is 1. The van der Waals surface area contributed by atoms with E-state index in [2.05, 4.69) is 5.32 Å². The van der Waals surface area contributed by atoms with Crippen molar-refractivity contribution >= 4 is 35.2 Å². The van der Waals surface area contributed by atoms with Gasteiger partial charge < -0.3 is 15.0 Å². The summed E-state index contributed by atoms with van der Waals surface area (Å²) in [6.07, 6.45) is 0.183. The van der Waals surface area contributed by atoms with Crippen molar-refractivity contribution in [3.63, 3.8) is 0 Å². The molecule has 9 nitrogen and oxygen atoms in total. The van der Waals surface area contributed by atoms with Crippen molar-refractivity contribution in [1.29, 1.82) is 0 Å². The zero-order valence-corrected chi connectivity index (χ0v) is 17.1. The number of hydrogen-bond donors (Lipinski definition) is 1. The van der Waals surface area contributed by atoms with Gasteiger partial charge in [-0.05, 0) is 23.3 Å². The van der Waals surface area contributed by atoms with Gasteiger partial charge in [0.25, 0.3) is 5.69 Å². The number of nitrogens with one attached hydrogen (secondary N) is 1. The predicted molar refractivity (Wildman–Crippen MR) is 112 cm³/mol. The minimum absolute atomic E-state index is 0.0102. The summed E-state index contributed by atoms with van der Waals surface area (Å²) in [5.74, 6) is -0.904. The van der Waals surface area contributed by atoms with Gasteiger partial charge in [-0.2, -0.15) is 0 Å². The van der Waals surface area contributed by atoms with Gasteiger partial charge >= 0.3 is 5.97 Å². The van der Waals surface area contributed by atoms with Crippen LogP contribution in [0.15, 0.2) is 54.6 Å². The van der Waals surface area contributed by atoms with Gasteiger partial charge in [-0.3, -0.25) is 24.5 Å². The zero-order valence-electron chi connectivity index (χ0n) is 16.3. The molecule has 2 saturated heterocycles. The minimum atomic E-state index is -0.645. The van der Waals surface area contributed by atoms with Crippen molar-refractivity contribution < 1.29 is 24.0 Å². The number of amides is 2. The van der Waals surface area contributed by atoms with E-state index in [9.17, 15) is 24.5 Å². The normalized spacial score (nSPS) is 21.7. The van der Waals surface area contributed by atoms with Crippen LogP contribution in [0.1, 0.15) is 11.1 Å². The van der Waals surface area contributed by atoms with E-state index < -0.39 is 22.2 Å². The molecule has 31 heavy (non-hydrogen) atoms. The van der Waals surface area contributed by atoms with Crippen LogP contribution < -0.4 is 5.32 Å². The first-order valence-electron chi connectivity index (χ1n) is 9.61. The number of benzene rings is 2. The molecule has 0 saturated carbocycles. The Hall–Kier alpha value is -3.40. The number of non-ortho nitro benzene ring substituents is 1. The van der Waals surface area contributed by atoms with E-state index in [-0.39, 0.29) is 42.4 Å². The van der Waals surface area contributed by atoms with E-state index in [1.807, 2.05) is 30.3 Å². The Morgan fingerprint density at radius 3 is 2.52 bits per heavy atom. The Morgan fingerprint density at radius 1 is 1.13 bits per heavy atom. The van der Waals surface area contributed by atoms with Crippen molar-refractivity contribution in [3.05, 3.63) is 75.8 Å². The van der Waals surface area contributed by atoms with Crippen LogP contribution in [0.25, 0.3) is 0 Å². The summed E-state index contributed by atoms with van der Waals surface area (Å²) < 4.78 is 5.31. The molecule has 10 heteroatoms. The average molecular weight is 441 g/mol. The third kappa shape index (κ3) is 4.53. The summed E-state index contributed by atoms with van der Waals surface area (Å²) in [4.78, 5) is 48.8. The lowest BCUT2D eigenvalue weighted by molar-refractivity contribution is -0.384. The third-order valence-electron chi connectivity index (χ3n) is 5.12. The maximum Gasteiger partial charge on any atom is 0.321 e. The van der Waals surface area contributed by atoms with Crippen molar-refractivity contribution in [2.24, 2.45) is 0 Å². The van der Waals surface area contributed by atoms with Gasteiger partial charge in [0.05, 0.1) is 11.3 Å². The quantitative estimate of drug-likeness (QED) is 0.300. The lowest BCUT2D eigenvalue weighted by Gasteiger charge is -2.41. The van der Waals surface area contributed by atoms with Crippen molar-refractivity contribution in [1.82, 2.24) is 10.2 Å². The molecule has 2 aliphatic rings. The van der Waals surface area contributed by atoms with Crippen LogP contribution in [-0.2, 0) is 32.1 Å². The van der Waals surface area contributed by atoms with Crippen LogP contribution in [0.4, 0.5) is 5.69 Å². The molecule has 2 fully saturated rings. The highest BCUT2D eigenvalue weighted by Crippen LogP contribution is 2.40. The molecule has 0 unspecified atom stereocenters. The van der Waals surface area contributed by atoms with Gasteiger partial charge in [-0.1, -0.05) is 30.3 Å². The molecule has 0 radical (unpaired) electrons. The van der Waals surface area contributed by atoms with E-state index in [0.717, 1.165) is 5.56 Å². The molecule has 0 aromatic heterocycles. The number of carbonyl (C=O) groups excluding carboxylic acids is 3. The Labute approximate surface area is 181 Å². The number of nitrogens with zero attached hydrogens (tertiary/aromatic N) is 2. The average Bonchev–Trinajstić information content (AvgIpc) is 3.18. The van der Waals surface area contributed by atoms with E-state index >= 15 is 0 Å². The zero-order chi connectivity index (χ0) is 22.0. The molecule has 160 valence electrons. The molecule has 2 aromatic carbocycles. The van der Waals surface area contributed by atoms with E-state index in [1.165, 1.54) is 36.0 Å². The first-order valence-corrected chi connectivity index (χ1v) is 10.6. The molecule has 0 aliphatic carbocycles. The van der Waals surface area contributed by atoms with Crippen LogP contribution in [0.2, 0.25) is 0 Å². The molecule has 2 aliphatic heterocycles. The molecule has 1 N–H and O–H groups in total. The first kappa shape index (κ1) is 20.9. The number of rotatable bonds is 7. The second-order valence-electron chi connectivity index (χ2n) is 7.24. The highest BCUT2D eigenvalue weighted by Gasteiger charge is 2.55. The molecule has 4 rings (SSSR count). The third-order valence-corrected chi connectivity index (χ3v) is 6.60. The minimum Gasteiger partial charge on any atom is -0.460 e. The Morgan fingerprint density at radius 2 is 1.84 bits per heavy atom. The summed E-state index contributed by atoms with van der Waals surface area (Å²) in [5.41, 5.74) is 1.45. The Kier molecular flexibility index (Phi) is 5.90. The lowest BCUT2D eigenvalue weighted by atomic mass is 10.1. The Balaban J connectivity index is 1.27. The van der Waals surface area contributed by atoms with Gasteiger partial charge in [-0.25, -0.2) is 0 Å².